The van der Waals surface area contributed by atoms with Crippen LogP contribution in [0.25, 0.3) is 11.3 Å². The molecule has 30 heavy (non-hydrogen) atoms. The minimum atomic E-state index is -0.293. The highest BCUT2D eigenvalue weighted by Crippen LogP contribution is 2.24. The van der Waals surface area contributed by atoms with E-state index >= 15 is 0 Å². The average molecular weight is 469 g/mol. The molecule has 0 unspecified atom stereocenters. The topological polar surface area (TPSA) is 58.1 Å². The predicted molar refractivity (Wildman–Crippen MR) is 118 cm³/mol. The molecule has 1 aromatic heterocycles. The smallest absolute Gasteiger partial charge is 0.223 e. The molecule has 0 bridgehead atoms. The minimum absolute atomic E-state index is 0.0104. The van der Waals surface area contributed by atoms with Gasteiger partial charge in [0.1, 0.15) is 5.82 Å². The van der Waals surface area contributed by atoms with Crippen LogP contribution >= 0.6 is 15.9 Å². The third-order valence-corrected chi connectivity index (χ3v) is 5.87. The van der Waals surface area contributed by atoms with Crippen LogP contribution in [-0.2, 0) is 11.3 Å². The number of nitrogens with zero attached hydrogens (tertiary/aromatic N) is 3. The molecule has 1 amide bonds. The number of carbonyl (C=O) groups is 1. The van der Waals surface area contributed by atoms with E-state index in [4.69, 9.17) is 0 Å². The number of carbonyl (C=O) groups excluding carboxylic acids is 1. The van der Waals surface area contributed by atoms with Crippen molar-refractivity contribution >= 4 is 27.7 Å². The highest BCUT2D eigenvalue weighted by atomic mass is 79.9. The lowest BCUT2D eigenvalue weighted by Crippen LogP contribution is -2.40. The first-order valence-electron chi connectivity index (χ1n) is 9.95. The maximum absolute atomic E-state index is 13.4. The number of amides is 1. The first kappa shape index (κ1) is 20.5. The predicted octanol–water partition coefficient (Wildman–Crippen LogP) is 4.58. The van der Waals surface area contributed by atoms with E-state index in [-0.39, 0.29) is 17.6 Å². The normalized spacial score (nSPS) is 14.5. The van der Waals surface area contributed by atoms with Gasteiger partial charge in [-0.15, -0.1) is 10.2 Å². The Morgan fingerprint density at radius 2 is 1.83 bits per heavy atom. The Balaban J connectivity index is 1.29. The van der Waals surface area contributed by atoms with Crippen LogP contribution in [0.1, 0.15) is 18.4 Å². The third kappa shape index (κ3) is 5.02. The number of benzene rings is 2. The van der Waals surface area contributed by atoms with Crippen molar-refractivity contribution in [3.63, 3.8) is 0 Å². The number of aromatic nitrogens is 2. The van der Waals surface area contributed by atoms with E-state index in [1.54, 1.807) is 6.07 Å². The highest BCUT2D eigenvalue weighted by molar-refractivity contribution is 9.10. The molecule has 3 aromatic rings. The van der Waals surface area contributed by atoms with Gasteiger partial charge in [-0.25, -0.2) is 4.39 Å². The van der Waals surface area contributed by atoms with Gasteiger partial charge in [-0.05, 0) is 54.8 Å². The molecule has 7 heteroatoms. The van der Waals surface area contributed by atoms with Gasteiger partial charge in [-0.2, -0.15) is 0 Å². The number of rotatable bonds is 5. The van der Waals surface area contributed by atoms with Crippen LogP contribution in [0.2, 0.25) is 0 Å². The second-order valence-electron chi connectivity index (χ2n) is 7.39. The second kappa shape index (κ2) is 9.34. The van der Waals surface area contributed by atoms with E-state index in [9.17, 15) is 9.18 Å². The van der Waals surface area contributed by atoms with Crippen molar-refractivity contribution in [2.45, 2.75) is 19.4 Å². The Kier molecular flexibility index (Phi) is 6.38. The molecule has 2 aromatic carbocycles. The van der Waals surface area contributed by atoms with Crippen LogP contribution in [-0.4, -0.2) is 29.2 Å². The Bertz CT molecular complexity index is 1000. The first-order chi connectivity index (χ1) is 14.6. The molecule has 0 saturated carbocycles. The van der Waals surface area contributed by atoms with Gasteiger partial charge in [0.05, 0.1) is 5.69 Å². The Labute approximate surface area is 183 Å². The van der Waals surface area contributed by atoms with Gasteiger partial charge in [-0.3, -0.25) is 4.79 Å². The zero-order valence-corrected chi connectivity index (χ0v) is 18.0. The van der Waals surface area contributed by atoms with Gasteiger partial charge >= 0.3 is 0 Å². The number of piperidine rings is 1. The molecule has 0 spiro atoms. The molecule has 154 valence electrons. The first-order valence-corrected chi connectivity index (χ1v) is 10.7. The maximum Gasteiger partial charge on any atom is 0.223 e. The van der Waals surface area contributed by atoms with E-state index in [1.165, 1.54) is 12.1 Å². The van der Waals surface area contributed by atoms with Gasteiger partial charge < -0.3 is 10.2 Å². The molecule has 2 heterocycles. The average Bonchev–Trinajstić information content (AvgIpc) is 2.79. The molecule has 0 radical (unpaired) electrons. The Morgan fingerprint density at radius 1 is 1.07 bits per heavy atom. The van der Waals surface area contributed by atoms with Crippen LogP contribution in [0, 0.1) is 11.7 Å². The molecular weight excluding hydrogens is 447 g/mol. The summed E-state index contributed by atoms with van der Waals surface area (Å²) >= 11 is 3.41. The summed E-state index contributed by atoms with van der Waals surface area (Å²) in [5.41, 5.74) is 2.42. The fraction of sp³-hybridized carbons (Fsp3) is 0.261. The summed E-state index contributed by atoms with van der Waals surface area (Å²) in [6.07, 6.45) is 1.55. The fourth-order valence-corrected chi connectivity index (χ4v) is 3.87. The summed E-state index contributed by atoms with van der Waals surface area (Å²) in [7, 11) is 0. The SMILES string of the molecule is O=C(NCc1ccc(Br)cc1)C1CCN(c2ccc(-c3cccc(F)c3)nn2)CC1. The Morgan fingerprint density at radius 3 is 2.50 bits per heavy atom. The molecule has 1 saturated heterocycles. The number of nitrogens with one attached hydrogen (secondary N) is 1. The summed E-state index contributed by atoms with van der Waals surface area (Å²) < 4.78 is 14.4. The van der Waals surface area contributed by atoms with E-state index in [2.05, 4.69) is 36.3 Å². The van der Waals surface area contributed by atoms with Crippen molar-refractivity contribution < 1.29 is 9.18 Å². The summed E-state index contributed by atoms with van der Waals surface area (Å²) in [6, 6.07) is 18.0. The molecule has 1 aliphatic rings. The van der Waals surface area contributed by atoms with E-state index in [0.717, 1.165) is 41.8 Å². The van der Waals surface area contributed by atoms with Gasteiger partial charge in [0.25, 0.3) is 0 Å². The quantitative estimate of drug-likeness (QED) is 0.595. The summed E-state index contributed by atoms with van der Waals surface area (Å²) in [5, 5.41) is 11.6. The molecule has 0 atom stereocenters. The van der Waals surface area contributed by atoms with Crippen LogP contribution < -0.4 is 10.2 Å². The standard InChI is InChI=1S/C23H22BrFN4O/c24-19-6-4-16(5-7-19)15-26-23(30)17-10-12-29(13-11-17)22-9-8-21(27-28-22)18-2-1-3-20(25)14-18/h1-9,14,17H,10-13,15H2,(H,26,30). The van der Waals surface area contributed by atoms with Crippen molar-refractivity contribution in [3.05, 3.63) is 76.5 Å². The zero-order valence-electron chi connectivity index (χ0n) is 16.4. The summed E-state index contributed by atoms with van der Waals surface area (Å²) in [5.74, 6) is 0.601. The maximum atomic E-state index is 13.4. The van der Waals surface area contributed by atoms with Crippen LogP contribution in [0.15, 0.2) is 65.1 Å². The van der Waals surface area contributed by atoms with Crippen molar-refractivity contribution in [3.8, 4) is 11.3 Å². The molecular formula is C23H22BrFN4O. The van der Waals surface area contributed by atoms with Gasteiger partial charge in [0.15, 0.2) is 5.82 Å². The number of anilines is 1. The fourth-order valence-electron chi connectivity index (χ4n) is 3.60. The number of halogens is 2. The number of hydrogen-bond donors (Lipinski definition) is 1. The van der Waals surface area contributed by atoms with Gasteiger partial charge in [0.2, 0.25) is 5.91 Å². The van der Waals surface area contributed by atoms with Gasteiger partial charge in [0, 0.05) is 35.6 Å². The van der Waals surface area contributed by atoms with E-state index in [0.29, 0.717) is 17.8 Å². The van der Waals surface area contributed by atoms with Crippen LogP contribution in [0.5, 0.6) is 0 Å². The second-order valence-corrected chi connectivity index (χ2v) is 8.31. The van der Waals surface area contributed by atoms with Crippen molar-refractivity contribution in [1.29, 1.82) is 0 Å². The van der Waals surface area contributed by atoms with Crippen LogP contribution in [0.4, 0.5) is 10.2 Å². The largest absolute Gasteiger partial charge is 0.355 e. The van der Waals surface area contributed by atoms with Gasteiger partial charge in [-0.1, -0.05) is 40.2 Å². The van der Waals surface area contributed by atoms with Crippen molar-refractivity contribution in [1.82, 2.24) is 15.5 Å². The Hall–Kier alpha value is -2.80. The monoisotopic (exact) mass is 468 g/mol. The molecule has 1 aliphatic heterocycles. The highest BCUT2D eigenvalue weighted by Gasteiger charge is 2.25. The summed E-state index contributed by atoms with van der Waals surface area (Å²) in [4.78, 5) is 14.7. The molecule has 4 rings (SSSR count). The van der Waals surface area contributed by atoms with E-state index in [1.807, 2.05) is 42.5 Å². The number of hydrogen-bond acceptors (Lipinski definition) is 4. The molecule has 1 fully saturated rings. The van der Waals surface area contributed by atoms with Crippen LogP contribution in [0.3, 0.4) is 0 Å². The molecule has 5 nitrogen and oxygen atoms in total. The van der Waals surface area contributed by atoms with Crippen molar-refractivity contribution in [2.24, 2.45) is 5.92 Å². The van der Waals surface area contributed by atoms with E-state index < -0.39 is 0 Å². The summed E-state index contributed by atoms with van der Waals surface area (Å²) in [6.45, 7) is 2.05. The molecule has 1 N–H and O–H groups in total. The minimum Gasteiger partial charge on any atom is -0.355 e. The lowest BCUT2D eigenvalue weighted by molar-refractivity contribution is -0.125. The lowest BCUT2D eigenvalue weighted by atomic mass is 9.96. The lowest BCUT2D eigenvalue weighted by Gasteiger charge is -2.31. The third-order valence-electron chi connectivity index (χ3n) is 5.34. The van der Waals surface area contributed by atoms with Crippen molar-refractivity contribution in [2.75, 3.05) is 18.0 Å². The zero-order chi connectivity index (χ0) is 20.9. The molecule has 0 aliphatic carbocycles.